The summed E-state index contributed by atoms with van der Waals surface area (Å²) in [6.07, 6.45) is -0.836. The molecular formula is C16H12ClN3O. The molecule has 0 saturated carbocycles. The van der Waals surface area contributed by atoms with Gasteiger partial charge in [0.2, 0.25) is 0 Å². The van der Waals surface area contributed by atoms with Gasteiger partial charge < -0.3 is 5.11 Å². The van der Waals surface area contributed by atoms with Gasteiger partial charge in [-0.1, -0.05) is 52.9 Å². The molecule has 21 heavy (non-hydrogen) atoms. The van der Waals surface area contributed by atoms with Gasteiger partial charge in [0.1, 0.15) is 18.2 Å². The highest BCUT2D eigenvalue weighted by molar-refractivity contribution is 6.30. The standard InChI is InChI=1S/C16H12ClN3O/c17-13-9-7-12(8-10-13)16(21)6-3-11-20-15-5-2-1-4-14(15)18-19-20/h1-2,4-5,7-10,16,21H,11H2. The molecule has 5 heteroatoms. The number of rotatable bonds is 2. The Morgan fingerprint density at radius 1 is 1.14 bits per heavy atom. The first-order valence-electron chi connectivity index (χ1n) is 6.44. The smallest absolute Gasteiger partial charge is 0.140 e. The fourth-order valence-electron chi connectivity index (χ4n) is 1.98. The number of para-hydroxylation sites is 1. The first kappa shape index (κ1) is 13.6. The molecular weight excluding hydrogens is 286 g/mol. The predicted octanol–water partition coefficient (Wildman–Crippen LogP) is 2.82. The van der Waals surface area contributed by atoms with E-state index in [1.165, 1.54) is 0 Å². The molecule has 0 amide bonds. The van der Waals surface area contributed by atoms with Crippen LogP contribution in [0.4, 0.5) is 0 Å². The van der Waals surface area contributed by atoms with Gasteiger partial charge in [0, 0.05) is 5.02 Å². The minimum absolute atomic E-state index is 0.380. The molecule has 3 rings (SSSR count). The van der Waals surface area contributed by atoms with Crippen LogP contribution in [-0.2, 0) is 6.54 Å². The molecule has 1 N–H and O–H groups in total. The zero-order valence-corrected chi connectivity index (χ0v) is 11.8. The fraction of sp³-hybridized carbons (Fsp3) is 0.125. The van der Waals surface area contributed by atoms with Crippen molar-refractivity contribution in [2.45, 2.75) is 12.6 Å². The van der Waals surface area contributed by atoms with Gasteiger partial charge in [-0.3, -0.25) is 0 Å². The van der Waals surface area contributed by atoms with Crippen LogP contribution < -0.4 is 0 Å². The Kier molecular flexibility index (Phi) is 3.87. The van der Waals surface area contributed by atoms with Gasteiger partial charge in [-0.15, -0.1) is 5.10 Å². The molecule has 1 aromatic heterocycles. The number of aliphatic hydroxyl groups excluding tert-OH is 1. The summed E-state index contributed by atoms with van der Waals surface area (Å²) in [4.78, 5) is 0. The number of aliphatic hydroxyl groups is 1. The van der Waals surface area contributed by atoms with Gasteiger partial charge in [0.25, 0.3) is 0 Å². The van der Waals surface area contributed by atoms with Crippen molar-refractivity contribution in [1.29, 1.82) is 0 Å². The molecule has 4 nitrogen and oxygen atoms in total. The van der Waals surface area contributed by atoms with E-state index >= 15 is 0 Å². The second-order valence-electron chi connectivity index (χ2n) is 4.51. The van der Waals surface area contributed by atoms with Crippen LogP contribution in [0.2, 0.25) is 5.02 Å². The molecule has 0 fully saturated rings. The third-order valence-corrected chi connectivity index (χ3v) is 3.33. The van der Waals surface area contributed by atoms with Crippen molar-refractivity contribution in [3.63, 3.8) is 0 Å². The largest absolute Gasteiger partial charge is 0.376 e. The van der Waals surface area contributed by atoms with Crippen molar-refractivity contribution < 1.29 is 5.11 Å². The fourth-order valence-corrected chi connectivity index (χ4v) is 2.11. The maximum atomic E-state index is 9.99. The second kappa shape index (κ2) is 5.96. The summed E-state index contributed by atoms with van der Waals surface area (Å²) in [5.74, 6) is 5.72. The maximum Gasteiger partial charge on any atom is 0.140 e. The highest BCUT2D eigenvalue weighted by Crippen LogP contribution is 2.15. The van der Waals surface area contributed by atoms with Crippen molar-refractivity contribution >= 4 is 22.6 Å². The predicted molar refractivity (Wildman–Crippen MR) is 81.7 cm³/mol. The molecule has 0 aliphatic carbocycles. The van der Waals surface area contributed by atoms with Crippen molar-refractivity contribution in [3.05, 3.63) is 59.1 Å². The van der Waals surface area contributed by atoms with Crippen molar-refractivity contribution in [2.75, 3.05) is 0 Å². The number of hydrogen-bond acceptors (Lipinski definition) is 3. The Morgan fingerprint density at radius 2 is 1.90 bits per heavy atom. The number of aromatic nitrogens is 3. The maximum absolute atomic E-state index is 9.99. The normalized spacial score (nSPS) is 11.9. The van der Waals surface area contributed by atoms with E-state index in [-0.39, 0.29) is 0 Å². The van der Waals surface area contributed by atoms with E-state index in [1.54, 1.807) is 28.9 Å². The molecule has 0 saturated heterocycles. The highest BCUT2D eigenvalue weighted by Gasteiger charge is 2.03. The molecule has 0 radical (unpaired) electrons. The summed E-state index contributed by atoms with van der Waals surface area (Å²) in [7, 11) is 0. The minimum Gasteiger partial charge on any atom is -0.376 e. The van der Waals surface area contributed by atoms with Crippen LogP contribution in [0.1, 0.15) is 11.7 Å². The second-order valence-corrected chi connectivity index (χ2v) is 4.95. The molecule has 104 valence electrons. The van der Waals surface area contributed by atoms with Gasteiger partial charge >= 0.3 is 0 Å². The molecule has 1 atom stereocenters. The molecule has 3 aromatic rings. The number of halogens is 1. The van der Waals surface area contributed by atoms with Gasteiger partial charge in [0.15, 0.2) is 0 Å². The first-order chi connectivity index (χ1) is 10.2. The van der Waals surface area contributed by atoms with Crippen molar-refractivity contribution in [1.82, 2.24) is 15.0 Å². The quantitative estimate of drug-likeness (QED) is 0.740. The Labute approximate surface area is 127 Å². The van der Waals surface area contributed by atoms with Crippen LogP contribution in [0.15, 0.2) is 48.5 Å². The zero-order valence-electron chi connectivity index (χ0n) is 11.1. The van der Waals surface area contributed by atoms with Crippen LogP contribution in [-0.4, -0.2) is 20.1 Å². The Balaban J connectivity index is 1.74. The Hall–Kier alpha value is -2.35. The van der Waals surface area contributed by atoms with E-state index in [2.05, 4.69) is 22.2 Å². The van der Waals surface area contributed by atoms with Gasteiger partial charge in [-0.05, 0) is 29.8 Å². The van der Waals surface area contributed by atoms with Crippen LogP contribution >= 0.6 is 11.6 Å². The lowest BCUT2D eigenvalue weighted by molar-refractivity contribution is 0.238. The number of benzene rings is 2. The lowest BCUT2D eigenvalue weighted by Crippen LogP contribution is -1.99. The number of fused-ring (bicyclic) bond motifs is 1. The summed E-state index contributed by atoms with van der Waals surface area (Å²) < 4.78 is 1.71. The lowest BCUT2D eigenvalue weighted by Gasteiger charge is -2.03. The third kappa shape index (κ3) is 3.05. The number of hydrogen-bond donors (Lipinski definition) is 1. The summed E-state index contributed by atoms with van der Waals surface area (Å²) >= 11 is 5.81. The van der Waals surface area contributed by atoms with E-state index in [4.69, 9.17) is 11.6 Å². The first-order valence-corrected chi connectivity index (χ1v) is 6.82. The molecule has 0 bridgehead atoms. The zero-order chi connectivity index (χ0) is 14.7. The van der Waals surface area contributed by atoms with Gasteiger partial charge in [-0.2, -0.15) is 0 Å². The average molecular weight is 298 g/mol. The number of nitrogens with zero attached hydrogens (tertiary/aromatic N) is 3. The summed E-state index contributed by atoms with van der Waals surface area (Å²) in [5, 5.41) is 18.7. The summed E-state index contributed by atoms with van der Waals surface area (Å²) in [6.45, 7) is 0.380. The van der Waals surface area contributed by atoms with Gasteiger partial charge in [-0.25, -0.2) is 4.68 Å². The Morgan fingerprint density at radius 3 is 2.71 bits per heavy atom. The molecule has 2 aromatic carbocycles. The van der Waals surface area contributed by atoms with E-state index in [1.807, 2.05) is 24.3 Å². The summed E-state index contributed by atoms with van der Waals surface area (Å²) in [6, 6.07) is 14.6. The molecule has 1 heterocycles. The van der Waals surface area contributed by atoms with E-state index in [0.717, 1.165) is 16.6 Å². The third-order valence-electron chi connectivity index (χ3n) is 3.07. The van der Waals surface area contributed by atoms with Crippen molar-refractivity contribution in [3.8, 4) is 11.8 Å². The monoisotopic (exact) mass is 297 g/mol. The van der Waals surface area contributed by atoms with E-state index < -0.39 is 6.10 Å². The van der Waals surface area contributed by atoms with Crippen LogP contribution in [0, 0.1) is 11.8 Å². The molecule has 0 aliphatic heterocycles. The van der Waals surface area contributed by atoms with Crippen LogP contribution in [0.5, 0.6) is 0 Å². The Bertz CT molecular complexity index is 815. The van der Waals surface area contributed by atoms with Gasteiger partial charge in [0.05, 0.1) is 5.52 Å². The van der Waals surface area contributed by atoms with Crippen LogP contribution in [0.3, 0.4) is 0 Å². The topological polar surface area (TPSA) is 50.9 Å². The lowest BCUT2D eigenvalue weighted by atomic mass is 10.1. The van der Waals surface area contributed by atoms with E-state index in [0.29, 0.717) is 11.6 Å². The minimum atomic E-state index is -0.836. The average Bonchev–Trinajstić information content (AvgIpc) is 2.91. The van der Waals surface area contributed by atoms with Crippen molar-refractivity contribution in [2.24, 2.45) is 0 Å². The summed E-state index contributed by atoms with van der Waals surface area (Å²) in [5.41, 5.74) is 2.47. The van der Waals surface area contributed by atoms with E-state index in [9.17, 15) is 5.11 Å². The molecule has 1 unspecified atom stereocenters. The molecule has 0 spiro atoms. The van der Waals surface area contributed by atoms with Crippen LogP contribution in [0.25, 0.3) is 11.0 Å². The highest BCUT2D eigenvalue weighted by atomic mass is 35.5. The SMILES string of the molecule is OC(C#CCn1nnc2ccccc21)c1ccc(Cl)cc1. The molecule has 0 aliphatic rings.